The van der Waals surface area contributed by atoms with Crippen LogP contribution in [0.25, 0.3) is 0 Å². The summed E-state index contributed by atoms with van der Waals surface area (Å²) >= 11 is 0. The Labute approximate surface area is 147 Å². The fourth-order valence-electron chi connectivity index (χ4n) is 1.62. The van der Waals surface area contributed by atoms with Crippen molar-refractivity contribution in [1.29, 1.82) is 0 Å². The van der Waals surface area contributed by atoms with Crippen molar-refractivity contribution >= 4 is 35.9 Å². The van der Waals surface area contributed by atoms with Crippen LogP contribution in [-0.4, -0.2) is 43.8 Å². The van der Waals surface area contributed by atoms with Crippen LogP contribution >= 0.6 is 24.0 Å². The molecule has 0 fully saturated rings. The number of rotatable bonds is 7. The van der Waals surface area contributed by atoms with Crippen LogP contribution in [0, 0.1) is 0 Å². The Morgan fingerprint density at radius 3 is 2.77 bits per heavy atom. The van der Waals surface area contributed by atoms with Gasteiger partial charge in [0, 0.05) is 13.1 Å². The van der Waals surface area contributed by atoms with Gasteiger partial charge >= 0.3 is 5.97 Å². The van der Waals surface area contributed by atoms with Crippen LogP contribution in [0.15, 0.2) is 27.8 Å². The number of nitrogens with zero attached hydrogens (tertiary/aromatic N) is 1. The van der Waals surface area contributed by atoms with Gasteiger partial charge in [-0.05, 0) is 26.0 Å². The molecule has 1 unspecified atom stereocenters. The molecule has 1 aromatic heterocycles. The van der Waals surface area contributed by atoms with E-state index in [4.69, 9.17) is 4.42 Å². The third-order valence-electron chi connectivity index (χ3n) is 2.79. The fourth-order valence-corrected chi connectivity index (χ4v) is 1.62. The first-order valence-corrected chi connectivity index (χ1v) is 6.85. The third kappa shape index (κ3) is 7.12. The number of hydrogen-bond donors (Lipinski definition) is 3. The molecule has 1 aromatic rings. The van der Waals surface area contributed by atoms with Gasteiger partial charge in [0.05, 0.1) is 26.3 Å². The third-order valence-corrected chi connectivity index (χ3v) is 2.79. The molecule has 22 heavy (non-hydrogen) atoms. The second-order valence-corrected chi connectivity index (χ2v) is 4.70. The Balaban J connectivity index is 0.00000441. The van der Waals surface area contributed by atoms with Crippen LogP contribution in [0.2, 0.25) is 0 Å². The predicted octanol–water partition coefficient (Wildman–Crippen LogP) is 1.22. The summed E-state index contributed by atoms with van der Waals surface area (Å²) in [5.41, 5.74) is -1.19. The zero-order valence-corrected chi connectivity index (χ0v) is 15.4. The molecule has 1 heterocycles. The van der Waals surface area contributed by atoms with E-state index in [0.29, 0.717) is 24.8 Å². The second-order valence-electron chi connectivity index (χ2n) is 4.70. The lowest BCUT2D eigenvalue weighted by Gasteiger charge is -2.19. The van der Waals surface area contributed by atoms with Gasteiger partial charge < -0.3 is 24.9 Å². The molecule has 0 amide bonds. The zero-order chi connectivity index (χ0) is 15.7. The normalized spacial score (nSPS) is 13.7. The van der Waals surface area contributed by atoms with Gasteiger partial charge in [0.15, 0.2) is 5.96 Å². The fraction of sp³-hybridized carbons (Fsp3) is 0.571. The monoisotopic (exact) mass is 425 g/mol. The topological polar surface area (TPSA) is 96.1 Å². The minimum atomic E-state index is -1.19. The van der Waals surface area contributed by atoms with E-state index in [9.17, 15) is 9.90 Å². The Morgan fingerprint density at radius 2 is 2.23 bits per heavy atom. The van der Waals surface area contributed by atoms with Crippen molar-refractivity contribution in [2.24, 2.45) is 4.99 Å². The number of ether oxygens (including phenoxy) is 1. The molecular weight excluding hydrogens is 401 g/mol. The molecule has 1 atom stereocenters. The molecule has 0 bridgehead atoms. The number of halogens is 1. The van der Waals surface area contributed by atoms with Gasteiger partial charge in [-0.3, -0.25) is 4.79 Å². The van der Waals surface area contributed by atoms with Crippen molar-refractivity contribution < 1.29 is 19.1 Å². The minimum absolute atomic E-state index is 0. The summed E-state index contributed by atoms with van der Waals surface area (Å²) in [6.07, 6.45) is 1.75. The molecule has 0 aliphatic heterocycles. The standard InChI is InChI=1S/C14H23N3O4.HI/c1-4-15-13(16-8-7-12(18)20-3)17-10-14(2,19)11-6-5-9-21-11;/h5-6,9,19H,4,7-8,10H2,1-3H3,(H2,15,16,17);1H. The maximum absolute atomic E-state index is 11.0. The summed E-state index contributed by atoms with van der Waals surface area (Å²) in [6.45, 7) is 4.78. The molecule has 3 N–H and O–H groups in total. The number of guanidine groups is 1. The lowest BCUT2D eigenvalue weighted by Crippen LogP contribution is -2.39. The van der Waals surface area contributed by atoms with Gasteiger partial charge in [-0.15, -0.1) is 24.0 Å². The van der Waals surface area contributed by atoms with Gasteiger partial charge in [-0.2, -0.15) is 0 Å². The Kier molecular flexibility index (Phi) is 9.83. The van der Waals surface area contributed by atoms with Crippen molar-refractivity contribution in [2.75, 3.05) is 26.7 Å². The Morgan fingerprint density at radius 1 is 1.50 bits per heavy atom. The van der Waals surface area contributed by atoms with Crippen LogP contribution in [0.4, 0.5) is 0 Å². The largest absolute Gasteiger partial charge is 0.469 e. The maximum atomic E-state index is 11.0. The first kappa shape index (κ1) is 20.7. The summed E-state index contributed by atoms with van der Waals surface area (Å²) in [7, 11) is 1.35. The maximum Gasteiger partial charge on any atom is 0.307 e. The van der Waals surface area contributed by atoms with E-state index in [-0.39, 0.29) is 42.9 Å². The van der Waals surface area contributed by atoms with Crippen LogP contribution in [0.1, 0.15) is 26.0 Å². The Bertz CT molecular complexity index is 461. The molecule has 0 aliphatic rings. The van der Waals surface area contributed by atoms with Gasteiger partial charge in [0.2, 0.25) is 0 Å². The molecule has 8 heteroatoms. The average Bonchev–Trinajstić information content (AvgIpc) is 2.99. The van der Waals surface area contributed by atoms with Crippen LogP contribution in [-0.2, 0) is 15.1 Å². The number of hydrogen-bond acceptors (Lipinski definition) is 5. The van der Waals surface area contributed by atoms with Crippen molar-refractivity contribution in [3.8, 4) is 0 Å². The SMILES string of the molecule is CCNC(=NCC(C)(O)c1ccco1)NCCC(=O)OC.I. The summed E-state index contributed by atoms with van der Waals surface area (Å²) in [4.78, 5) is 15.3. The number of carbonyl (C=O) groups excluding carboxylic acids is 1. The van der Waals surface area contributed by atoms with Gasteiger partial charge in [0.25, 0.3) is 0 Å². The zero-order valence-electron chi connectivity index (χ0n) is 13.1. The summed E-state index contributed by atoms with van der Waals surface area (Å²) < 4.78 is 9.76. The Hall–Kier alpha value is -1.29. The molecular formula is C14H24IN3O4. The predicted molar refractivity (Wildman–Crippen MR) is 94.3 cm³/mol. The van der Waals surface area contributed by atoms with Gasteiger partial charge in [-0.1, -0.05) is 0 Å². The van der Waals surface area contributed by atoms with Crippen LogP contribution in [0.5, 0.6) is 0 Å². The number of esters is 1. The number of methoxy groups -OCH3 is 1. The van der Waals surface area contributed by atoms with Crippen LogP contribution in [0.3, 0.4) is 0 Å². The van der Waals surface area contributed by atoms with Gasteiger partial charge in [-0.25, -0.2) is 4.99 Å². The van der Waals surface area contributed by atoms with Crippen molar-refractivity contribution in [2.45, 2.75) is 25.9 Å². The van der Waals surface area contributed by atoms with Crippen molar-refractivity contribution in [3.63, 3.8) is 0 Å². The first-order valence-electron chi connectivity index (χ1n) is 6.85. The first-order chi connectivity index (χ1) is 9.99. The van der Waals surface area contributed by atoms with Crippen molar-refractivity contribution in [3.05, 3.63) is 24.2 Å². The second kappa shape index (κ2) is 10.4. The van der Waals surface area contributed by atoms with E-state index < -0.39 is 5.60 Å². The van der Waals surface area contributed by atoms with Gasteiger partial charge in [0.1, 0.15) is 11.4 Å². The molecule has 0 aliphatic carbocycles. The number of nitrogens with one attached hydrogen (secondary N) is 2. The van der Waals surface area contributed by atoms with Crippen LogP contribution < -0.4 is 10.6 Å². The highest BCUT2D eigenvalue weighted by Crippen LogP contribution is 2.20. The number of aliphatic imine (C=N–C) groups is 1. The highest BCUT2D eigenvalue weighted by molar-refractivity contribution is 14.0. The van der Waals surface area contributed by atoms with Crippen molar-refractivity contribution in [1.82, 2.24) is 10.6 Å². The highest BCUT2D eigenvalue weighted by atomic mass is 127. The average molecular weight is 425 g/mol. The van der Waals surface area contributed by atoms with E-state index in [1.54, 1.807) is 19.1 Å². The van der Waals surface area contributed by atoms with E-state index in [1.807, 2.05) is 6.92 Å². The number of furan rings is 1. The molecule has 1 rings (SSSR count). The van der Waals surface area contributed by atoms with E-state index in [1.165, 1.54) is 13.4 Å². The number of carbonyl (C=O) groups is 1. The van der Waals surface area contributed by atoms with E-state index >= 15 is 0 Å². The van der Waals surface area contributed by atoms with E-state index in [2.05, 4.69) is 20.4 Å². The molecule has 0 radical (unpaired) electrons. The summed E-state index contributed by atoms with van der Waals surface area (Å²) in [6, 6.07) is 3.42. The molecule has 0 saturated heterocycles. The smallest absolute Gasteiger partial charge is 0.307 e. The summed E-state index contributed by atoms with van der Waals surface area (Å²) in [5, 5.41) is 16.4. The molecule has 0 aromatic carbocycles. The molecule has 126 valence electrons. The molecule has 7 nitrogen and oxygen atoms in total. The quantitative estimate of drug-likeness (QED) is 0.263. The summed E-state index contributed by atoms with van der Waals surface area (Å²) in [5.74, 6) is 0.686. The lowest BCUT2D eigenvalue weighted by atomic mass is 10.0. The highest BCUT2D eigenvalue weighted by Gasteiger charge is 2.26. The van der Waals surface area contributed by atoms with E-state index in [0.717, 1.165) is 0 Å². The minimum Gasteiger partial charge on any atom is -0.469 e. The molecule has 0 saturated carbocycles. The molecule has 0 spiro atoms. The number of aliphatic hydroxyl groups is 1. The lowest BCUT2D eigenvalue weighted by molar-refractivity contribution is -0.140.